The fraction of sp³-hybridized carbons (Fsp3) is 0.214. The maximum Gasteiger partial charge on any atom is 0.294 e. The summed E-state index contributed by atoms with van der Waals surface area (Å²) in [5, 5.41) is 14.9. The third kappa shape index (κ3) is 3.71. The van der Waals surface area contributed by atoms with Crippen LogP contribution in [0.2, 0.25) is 0 Å². The predicted molar refractivity (Wildman–Crippen MR) is 134 cm³/mol. The molecule has 8 nitrogen and oxygen atoms in total. The van der Waals surface area contributed by atoms with Crippen LogP contribution in [-0.2, 0) is 16.2 Å². The van der Waals surface area contributed by atoms with E-state index in [1.807, 2.05) is 42.5 Å². The Morgan fingerprint density at radius 3 is 2.22 bits per heavy atom. The van der Waals surface area contributed by atoms with Crippen molar-refractivity contribution >= 4 is 34.6 Å². The molecule has 3 aromatic rings. The Morgan fingerprint density at radius 1 is 0.917 bits per heavy atom. The highest BCUT2D eigenvalue weighted by Gasteiger charge is 2.59. The van der Waals surface area contributed by atoms with Gasteiger partial charge in [0.2, 0.25) is 11.8 Å². The van der Waals surface area contributed by atoms with Gasteiger partial charge in [-0.15, -0.1) is 0 Å². The van der Waals surface area contributed by atoms with Crippen molar-refractivity contribution in [2.75, 3.05) is 10.2 Å². The van der Waals surface area contributed by atoms with Gasteiger partial charge in [-0.2, -0.15) is 0 Å². The molecule has 0 unspecified atom stereocenters. The average Bonchev–Trinajstić information content (AvgIpc) is 3.58. The number of nitro benzene ring substituents is 1. The van der Waals surface area contributed by atoms with Gasteiger partial charge in [0, 0.05) is 11.8 Å². The third-order valence-electron chi connectivity index (χ3n) is 7.29. The molecule has 8 heteroatoms. The minimum atomic E-state index is -0.514. The van der Waals surface area contributed by atoms with E-state index in [2.05, 4.69) is 5.32 Å². The molecule has 1 saturated carbocycles. The van der Waals surface area contributed by atoms with Gasteiger partial charge in [-0.1, -0.05) is 42.5 Å². The quantitative estimate of drug-likeness (QED) is 0.215. The van der Waals surface area contributed by atoms with Gasteiger partial charge in [0.1, 0.15) is 18.0 Å². The number of nitrogens with zero attached hydrogens (tertiary/aromatic N) is 2. The Kier molecular flexibility index (Phi) is 5.29. The summed E-state index contributed by atoms with van der Waals surface area (Å²) in [7, 11) is 0. The number of nitro groups is 1. The number of carbonyl (C=O) groups is 2. The summed E-state index contributed by atoms with van der Waals surface area (Å²) in [5.74, 6) is -0.395. The van der Waals surface area contributed by atoms with Crippen molar-refractivity contribution in [1.82, 2.24) is 0 Å². The van der Waals surface area contributed by atoms with E-state index in [0.717, 1.165) is 16.9 Å². The van der Waals surface area contributed by atoms with Crippen LogP contribution in [0.5, 0.6) is 5.75 Å². The standard InChI is InChI=1S/C28H23N3O5/c32-27-25-18-6-7-19(14-18)26(25)28(33)30(27)21-10-13-23(24(15-21)31(34)35)29-20-8-11-22(12-9-20)36-16-17-4-2-1-3-5-17/h1-13,15,18-19,25-26,29H,14,16H2/t18-,19-,25+,26+/m0/s1. The number of fused-ring (bicyclic) bond motifs is 5. The van der Waals surface area contributed by atoms with Crippen LogP contribution in [0.4, 0.5) is 22.7 Å². The summed E-state index contributed by atoms with van der Waals surface area (Å²) in [4.78, 5) is 38.7. The van der Waals surface area contributed by atoms with E-state index in [-0.39, 0.29) is 52.5 Å². The van der Waals surface area contributed by atoms with Gasteiger partial charge < -0.3 is 10.1 Å². The molecule has 1 heterocycles. The highest BCUT2D eigenvalue weighted by molar-refractivity contribution is 6.23. The molecule has 3 aliphatic rings. The number of nitrogens with one attached hydrogen (secondary N) is 1. The van der Waals surface area contributed by atoms with E-state index in [1.165, 1.54) is 12.1 Å². The lowest BCUT2D eigenvalue weighted by Gasteiger charge is -2.18. The second kappa shape index (κ2) is 8.64. The number of rotatable bonds is 7. The molecule has 3 aromatic carbocycles. The van der Waals surface area contributed by atoms with Gasteiger partial charge in [0.15, 0.2) is 0 Å². The van der Waals surface area contributed by atoms with E-state index in [4.69, 9.17) is 4.74 Å². The van der Waals surface area contributed by atoms with Crippen LogP contribution in [0.25, 0.3) is 0 Å². The first-order chi connectivity index (χ1) is 17.5. The first kappa shape index (κ1) is 22.0. The second-order valence-electron chi connectivity index (χ2n) is 9.39. The van der Waals surface area contributed by atoms with Gasteiger partial charge >= 0.3 is 0 Å². The Labute approximate surface area is 207 Å². The highest BCUT2D eigenvalue weighted by Crippen LogP contribution is 2.53. The van der Waals surface area contributed by atoms with Crippen molar-refractivity contribution < 1.29 is 19.2 Å². The molecule has 180 valence electrons. The van der Waals surface area contributed by atoms with Gasteiger partial charge in [0.05, 0.1) is 22.4 Å². The second-order valence-corrected chi connectivity index (χ2v) is 9.39. The molecule has 2 fully saturated rings. The lowest BCUT2D eigenvalue weighted by Crippen LogP contribution is -2.32. The van der Waals surface area contributed by atoms with Crippen molar-refractivity contribution in [1.29, 1.82) is 0 Å². The number of allylic oxidation sites excluding steroid dienone is 2. The van der Waals surface area contributed by atoms with E-state index >= 15 is 0 Å². The number of hydrogen-bond donors (Lipinski definition) is 1. The summed E-state index contributed by atoms with van der Waals surface area (Å²) in [6.45, 7) is 0.438. The van der Waals surface area contributed by atoms with E-state index in [9.17, 15) is 19.7 Å². The van der Waals surface area contributed by atoms with Crippen LogP contribution in [0.15, 0.2) is 84.9 Å². The van der Waals surface area contributed by atoms with Crippen molar-refractivity contribution in [3.05, 3.63) is 101 Å². The molecule has 1 N–H and O–H groups in total. The van der Waals surface area contributed by atoms with Crippen LogP contribution in [0.3, 0.4) is 0 Å². The minimum absolute atomic E-state index is 0.0806. The van der Waals surface area contributed by atoms with Crippen LogP contribution in [0.1, 0.15) is 12.0 Å². The van der Waals surface area contributed by atoms with E-state index < -0.39 is 4.92 Å². The van der Waals surface area contributed by atoms with Gasteiger partial charge in [-0.25, -0.2) is 4.90 Å². The number of hydrogen-bond acceptors (Lipinski definition) is 6. The molecule has 2 amide bonds. The Bertz CT molecular complexity index is 1360. The largest absolute Gasteiger partial charge is 0.489 e. The number of amides is 2. The molecule has 2 aliphatic carbocycles. The molecule has 4 atom stereocenters. The van der Waals surface area contributed by atoms with Gasteiger partial charge in [-0.05, 0) is 60.2 Å². The first-order valence-electron chi connectivity index (χ1n) is 11.9. The molecule has 36 heavy (non-hydrogen) atoms. The summed E-state index contributed by atoms with van der Waals surface area (Å²) in [5.41, 5.74) is 1.99. The van der Waals surface area contributed by atoms with Crippen molar-refractivity contribution in [3.63, 3.8) is 0 Å². The zero-order valence-corrected chi connectivity index (χ0v) is 19.2. The van der Waals surface area contributed by atoms with Crippen molar-refractivity contribution in [2.24, 2.45) is 23.7 Å². The first-order valence-corrected chi connectivity index (χ1v) is 11.9. The molecule has 0 spiro atoms. The SMILES string of the molecule is O=C1[C@H]2[C@H](C(=O)N1c1ccc(Nc3ccc(OCc4ccccc4)cc3)c([N+](=O)[O-])c1)[C@H]1C=C[C@H]2C1. The molecule has 2 bridgehead atoms. The summed E-state index contributed by atoms with van der Waals surface area (Å²) in [6, 6.07) is 21.3. The van der Waals surface area contributed by atoms with E-state index in [1.54, 1.807) is 30.3 Å². The molecule has 1 saturated heterocycles. The molecular weight excluding hydrogens is 458 g/mol. The monoisotopic (exact) mass is 481 g/mol. The van der Waals surface area contributed by atoms with Crippen LogP contribution < -0.4 is 15.0 Å². The zero-order chi connectivity index (χ0) is 24.8. The Hall–Kier alpha value is -4.46. The fourth-order valence-corrected chi connectivity index (χ4v) is 5.60. The number of ether oxygens (including phenoxy) is 1. The predicted octanol–water partition coefficient (Wildman–Crippen LogP) is 5.23. The lowest BCUT2D eigenvalue weighted by atomic mass is 9.85. The zero-order valence-electron chi connectivity index (χ0n) is 19.2. The minimum Gasteiger partial charge on any atom is -0.489 e. The van der Waals surface area contributed by atoms with Crippen LogP contribution in [0, 0.1) is 33.8 Å². The fourth-order valence-electron chi connectivity index (χ4n) is 5.60. The van der Waals surface area contributed by atoms with Crippen LogP contribution >= 0.6 is 0 Å². The molecule has 0 aromatic heterocycles. The van der Waals surface area contributed by atoms with Gasteiger partial charge in [-0.3, -0.25) is 19.7 Å². The highest BCUT2D eigenvalue weighted by atomic mass is 16.6. The summed E-state index contributed by atoms with van der Waals surface area (Å²) >= 11 is 0. The number of imide groups is 1. The maximum absolute atomic E-state index is 13.1. The average molecular weight is 482 g/mol. The third-order valence-corrected chi connectivity index (χ3v) is 7.29. The molecule has 6 rings (SSSR count). The smallest absolute Gasteiger partial charge is 0.294 e. The molecular formula is C28H23N3O5. The van der Waals surface area contributed by atoms with Crippen LogP contribution in [-0.4, -0.2) is 16.7 Å². The van der Waals surface area contributed by atoms with Crippen molar-refractivity contribution in [2.45, 2.75) is 13.0 Å². The Morgan fingerprint density at radius 2 is 1.58 bits per heavy atom. The topological polar surface area (TPSA) is 102 Å². The normalized spacial score (nSPS) is 23.7. The summed E-state index contributed by atoms with van der Waals surface area (Å²) in [6.07, 6.45) is 4.88. The number of benzene rings is 3. The molecule has 0 radical (unpaired) electrons. The summed E-state index contributed by atoms with van der Waals surface area (Å²) < 4.78 is 5.79. The lowest BCUT2D eigenvalue weighted by molar-refractivity contribution is -0.383. The van der Waals surface area contributed by atoms with Gasteiger partial charge in [0.25, 0.3) is 5.69 Å². The number of anilines is 3. The number of carbonyl (C=O) groups excluding carboxylic acids is 2. The van der Waals surface area contributed by atoms with E-state index in [0.29, 0.717) is 18.0 Å². The molecule has 1 aliphatic heterocycles. The van der Waals surface area contributed by atoms with Crippen molar-refractivity contribution in [3.8, 4) is 5.75 Å². The maximum atomic E-state index is 13.1. The Balaban J connectivity index is 1.19.